The first kappa shape index (κ1) is 20.3. The molecule has 7 heteroatoms. The lowest BCUT2D eigenvalue weighted by atomic mass is 10.0. The number of hydrogen-bond donors (Lipinski definition) is 1. The predicted octanol–water partition coefficient (Wildman–Crippen LogP) is 3.77. The van der Waals surface area contributed by atoms with E-state index in [1.807, 2.05) is 51.1 Å². The van der Waals surface area contributed by atoms with Gasteiger partial charge in [-0.3, -0.25) is 14.9 Å². The molecule has 4 rings (SSSR count). The van der Waals surface area contributed by atoms with E-state index in [0.29, 0.717) is 16.9 Å². The summed E-state index contributed by atoms with van der Waals surface area (Å²) in [6.07, 6.45) is 1.51. The van der Waals surface area contributed by atoms with Crippen molar-refractivity contribution >= 4 is 29.6 Å². The number of carbonyl (C=O) groups is 3. The van der Waals surface area contributed by atoms with Crippen LogP contribution in [0.15, 0.2) is 54.1 Å². The minimum atomic E-state index is -0.759. The number of benzene rings is 2. The normalized spacial score (nSPS) is 15.5. The molecular weight excluding hydrogens is 392 g/mol. The van der Waals surface area contributed by atoms with Crippen molar-refractivity contribution in [3.05, 3.63) is 82.2 Å². The van der Waals surface area contributed by atoms with Gasteiger partial charge in [0.15, 0.2) is 0 Å². The molecule has 0 unspecified atom stereocenters. The van der Waals surface area contributed by atoms with Crippen LogP contribution >= 0.6 is 0 Å². The molecule has 1 aromatic heterocycles. The number of nitrogens with one attached hydrogen (secondary N) is 1. The van der Waals surface area contributed by atoms with Crippen LogP contribution in [0.2, 0.25) is 0 Å². The summed E-state index contributed by atoms with van der Waals surface area (Å²) in [6.45, 7) is 7.51. The predicted molar refractivity (Wildman–Crippen MR) is 118 cm³/mol. The molecule has 2 heterocycles. The Morgan fingerprint density at radius 1 is 0.903 bits per heavy atom. The minimum absolute atomic E-state index is 0.113. The summed E-state index contributed by atoms with van der Waals surface area (Å²) < 4.78 is 1.77. The number of anilines is 1. The smallest absolute Gasteiger partial charge is 0.273 e. The first-order valence-corrected chi connectivity index (χ1v) is 9.88. The van der Waals surface area contributed by atoms with Crippen LogP contribution in [0.5, 0.6) is 0 Å². The van der Waals surface area contributed by atoms with E-state index in [4.69, 9.17) is 0 Å². The number of urea groups is 1. The van der Waals surface area contributed by atoms with Crippen LogP contribution < -0.4 is 10.2 Å². The van der Waals surface area contributed by atoms with Crippen molar-refractivity contribution in [2.75, 3.05) is 4.90 Å². The molecule has 1 N–H and O–H groups in total. The maximum absolute atomic E-state index is 13.2. The van der Waals surface area contributed by atoms with Gasteiger partial charge in [0.2, 0.25) is 0 Å². The Bertz CT molecular complexity index is 1250. The molecule has 0 spiro atoms. The zero-order valence-corrected chi connectivity index (χ0v) is 17.8. The fraction of sp³-hybridized carbons (Fsp3) is 0.167. The van der Waals surface area contributed by atoms with Gasteiger partial charge in [0.25, 0.3) is 11.8 Å². The van der Waals surface area contributed by atoms with Crippen molar-refractivity contribution in [2.45, 2.75) is 27.7 Å². The van der Waals surface area contributed by atoms with Crippen molar-refractivity contribution in [1.82, 2.24) is 15.1 Å². The molecule has 1 saturated heterocycles. The third kappa shape index (κ3) is 3.54. The molecule has 0 bridgehead atoms. The van der Waals surface area contributed by atoms with Crippen LogP contribution in [0.25, 0.3) is 11.8 Å². The summed E-state index contributed by atoms with van der Waals surface area (Å²) >= 11 is 0. The topological polar surface area (TPSA) is 84.3 Å². The number of amides is 4. The summed E-state index contributed by atoms with van der Waals surface area (Å²) in [5.74, 6) is -1.38. The van der Waals surface area contributed by atoms with E-state index in [9.17, 15) is 14.4 Å². The Hall–Kier alpha value is -4.00. The first-order valence-electron chi connectivity index (χ1n) is 9.88. The van der Waals surface area contributed by atoms with Gasteiger partial charge in [0.05, 0.1) is 17.1 Å². The van der Waals surface area contributed by atoms with Crippen molar-refractivity contribution in [1.29, 1.82) is 0 Å². The monoisotopic (exact) mass is 414 g/mol. The summed E-state index contributed by atoms with van der Waals surface area (Å²) in [4.78, 5) is 39.2. The number of barbiturate groups is 1. The number of aromatic nitrogens is 2. The molecule has 3 aromatic rings. The van der Waals surface area contributed by atoms with Crippen molar-refractivity contribution in [3.63, 3.8) is 0 Å². The maximum Gasteiger partial charge on any atom is 0.335 e. The molecule has 7 nitrogen and oxygen atoms in total. The molecule has 0 radical (unpaired) electrons. The van der Waals surface area contributed by atoms with Gasteiger partial charge in [0, 0.05) is 11.3 Å². The van der Waals surface area contributed by atoms with Crippen LogP contribution in [0, 0.1) is 27.7 Å². The van der Waals surface area contributed by atoms with Gasteiger partial charge in [-0.1, -0.05) is 35.9 Å². The fourth-order valence-electron chi connectivity index (χ4n) is 3.64. The number of nitrogens with zero attached hydrogens (tertiary/aromatic N) is 3. The van der Waals surface area contributed by atoms with E-state index >= 15 is 0 Å². The van der Waals surface area contributed by atoms with E-state index in [1.54, 1.807) is 29.8 Å². The number of imide groups is 2. The number of rotatable bonds is 3. The Kier molecular flexibility index (Phi) is 5.02. The SMILES string of the molecule is Cc1ccc(-n2nc(C)c(/C=C3\C(=O)NC(=O)N(c4ccccc4C)C3=O)c2C)cc1. The molecule has 0 aliphatic carbocycles. The lowest BCUT2D eigenvalue weighted by molar-refractivity contribution is -0.122. The number of aryl methyl sites for hydroxylation is 3. The lowest BCUT2D eigenvalue weighted by Gasteiger charge is -2.27. The van der Waals surface area contributed by atoms with Crippen LogP contribution in [-0.2, 0) is 9.59 Å². The average molecular weight is 414 g/mol. The molecule has 2 aromatic carbocycles. The molecule has 1 aliphatic rings. The molecule has 0 saturated carbocycles. The van der Waals surface area contributed by atoms with E-state index in [-0.39, 0.29) is 5.57 Å². The third-order valence-corrected chi connectivity index (χ3v) is 5.37. The van der Waals surface area contributed by atoms with E-state index < -0.39 is 17.8 Å². The maximum atomic E-state index is 13.2. The molecule has 0 atom stereocenters. The second kappa shape index (κ2) is 7.68. The van der Waals surface area contributed by atoms with Crippen molar-refractivity contribution in [3.8, 4) is 5.69 Å². The van der Waals surface area contributed by atoms with Crippen molar-refractivity contribution < 1.29 is 14.4 Å². The number of hydrogen-bond acceptors (Lipinski definition) is 4. The number of carbonyl (C=O) groups excluding carboxylic acids is 3. The van der Waals surface area contributed by atoms with Crippen LogP contribution in [0.1, 0.15) is 28.1 Å². The van der Waals surface area contributed by atoms with E-state index in [1.165, 1.54) is 6.08 Å². The quantitative estimate of drug-likeness (QED) is 0.522. The average Bonchev–Trinajstić information content (AvgIpc) is 3.00. The molecular formula is C24H22N4O3. The molecule has 31 heavy (non-hydrogen) atoms. The molecule has 4 amide bonds. The minimum Gasteiger partial charge on any atom is -0.273 e. The van der Waals surface area contributed by atoms with E-state index in [2.05, 4.69) is 10.4 Å². The van der Waals surface area contributed by atoms with Gasteiger partial charge in [0.1, 0.15) is 5.57 Å². The summed E-state index contributed by atoms with van der Waals surface area (Å²) in [5, 5.41) is 6.85. The standard InChI is InChI=1S/C24H22N4O3/c1-14-9-11-18(12-10-14)28-17(4)19(16(3)26-28)13-20-22(29)25-24(31)27(23(20)30)21-8-6-5-7-15(21)2/h5-13H,1-4H3,(H,25,29,31)/b20-13+. The van der Waals surface area contributed by atoms with Gasteiger partial charge in [-0.2, -0.15) is 5.10 Å². The Balaban J connectivity index is 1.78. The second-order valence-corrected chi connectivity index (χ2v) is 7.58. The highest BCUT2D eigenvalue weighted by atomic mass is 16.2. The summed E-state index contributed by atoms with van der Waals surface area (Å²) in [6, 6.07) is 14.2. The summed E-state index contributed by atoms with van der Waals surface area (Å²) in [7, 11) is 0. The van der Waals surface area contributed by atoms with Crippen LogP contribution in [0.4, 0.5) is 10.5 Å². The Morgan fingerprint density at radius 3 is 2.26 bits per heavy atom. The van der Waals surface area contributed by atoms with Gasteiger partial charge in [-0.15, -0.1) is 0 Å². The zero-order valence-electron chi connectivity index (χ0n) is 17.8. The highest BCUT2D eigenvalue weighted by Crippen LogP contribution is 2.27. The van der Waals surface area contributed by atoms with Crippen LogP contribution in [-0.4, -0.2) is 27.6 Å². The summed E-state index contributed by atoms with van der Waals surface area (Å²) in [5.41, 5.74) is 5.21. The largest absolute Gasteiger partial charge is 0.335 e. The highest BCUT2D eigenvalue weighted by Gasteiger charge is 2.37. The number of para-hydroxylation sites is 1. The zero-order chi connectivity index (χ0) is 22.3. The van der Waals surface area contributed by atoms with E-state index in [0.717, 1.165) is 27.4 Å². The molecule has 156 valence electrons. The Morgan fingerprint density at radius 2 is 1.58 bits per heavy atom. The lowest BCUT2D eigenvalue weighted by Crippen LogP contribution is -2.54. The van der Waals surface area contributed by atoms with Gasteiger partial charge in [-0.05, 0) is 57.5 Å². The van der Waals surface area contributed by atoms with Crippen LogP contribution in [0.3, 0.4) is 0 Å². The molecule has 1 aliphatic heterocycles. The highest BCUT2D eigenvalue weighted by molar-refractivity contribution is 6.39. The Labute approximate surface area is 180 Å². The first-order chi connectivity index (χ1) is 14.8. The second-order valence-electron chi connectivity index (χ2n) is 7.58. The van der Waals surface area contributed by atoms with Crippen molar-refractivity contribution in [2.24, 2.45) is 0 Å². The molecule has 1 fully saturated rings. The fourth-order valence-corrected chi connectivity index (χ4v) is 3.64. The van der Waals surface area contributed by atoms with Gasteiger partial charge < -0.3 is 0 Å². The van der Waals surface area contributed by atoms with Gasteiger partial charge >= 0.3 is 6.03 Å². The van der Waals surface area contributed by atoms with Gasteiger partial charge in [-0.25, -0.2) is 14.4 Å². The third-order valence-electron chi connectivity index (χ3n) is 5.37.